The van der Waals surface area contributed by atoms with E-state index in [9.17, 15) is 9.59 Å². The SMILES string of the molecule is Cc1nn(Cc2ccccc2)c(C)c1CNC(=O)COC(=O)c1nccnc1N. The number of ether oxygens (including phenoxy) is 1. The Balaban J connectivity index is 1.55. The molecule has 2 aromatic heterocycles. The van der Waals surface area contributed by atoms with Crippen molar-refractivity contribution in [3.8, 4) is 0 Å². The zero-order chi connectivity index (χ0) is 20.8. The van der Waals surface area contributed by atoms with E-state index >= 15 is 0 Å². The van der Waals surface area contributed by atoms with E-state index in [0.717, 1.165) is 22.5 Å². The largest absolute Gasteiger partial charge is 0.451 e. The summed E-state index contributed by atoms with van der Waals surface area (Å²) in [5, 5.41) is 7.30. The first-order valence-corrected chi connectivity index (χ1v) is 9.03. The fourth-order valence-electron chi connectivity index (χ4n) is 2.84. The third-order valence-electron chi connectivity index (χ3n) is 4.42. The number of amides is 1. The Morgan fingerprint density at radius 1 is 1.14 bits per heavy atom. The number of carbonyl (C=O) groups excluding carboxylic acids is 2. The van der Waals surface area contributed by atoms with Crippen molar-refractivity contribution in [3.63, 3.8) is 0 Å². The lowest BCUT2D eigenvalue weighted by Crippen LogP contribution is -2.29. The van der Waals surface area contributed by atoms with Gasteiger partial charge < -0.3 is 15.8 Å². The van der Waals surface area contributed by atoms with E-state index in [4.69, 9.17) is 10.5 Å². The molecule has 29 heavy (non-hydrogen) atoms. The Morgan fingerprint density at radius 2 is 1.86 bits per heavy atom. The van der Waals surface area contributed by atoms with Crippen molar-refractivity contribution in [1.82, 2.24) is 25.1 Å². The summed E-state index contributed by atoms with van der Waals surface area (Å²) in [4.78, 5) is 31.6. The Labute approximate surface area is 167 Å². The van der Waals surface area contributed by atoms with Crippen LogP contribution in [0.2, 0.25) is 0 Å². The van der Waals surface area contributed by atoms with Crippen molar-refractivity contribution in [2.45, 2.75) is 26.9 Å². The van der Waals surface area contributed by atoms with Gasteiger partial charge in [-0.05, 0) is 19.4 Å². The normalized spacial score (nSPS) is 10.6. The summed E-state index contributed by atoms with van der Waals surface area (Å²) < 4.78 is 6.86. The van der Waals surface area contributed by atoms with Crippen molar-refractivity contribution >= 4 is 17.7 Å². The first kappa shape index (κ1) is 20.0. The highest BCUT2D eigenvalue weighted by molar-refractivity contribution is 5.93. The van der Waals surface area contributed by atoms with E-state index in [1.54, 1.807) is 0 Å². The predicted octanol–water partition coefficient (Wildman–Crippen LogP) is 1.39. The first-order valence-electron chi connectivity index (χ1n) is 9.03. The third-order valence-corrected chi connectivity index (χ3v) is 4.42. The van der Waals surface area contributed by atoms with Crippen LogP contribution in [0.1, 0.15) is 33.0 Å². The van der Waals surface area contributed by atoms with Crippen LogP contribution in [0.15, 0.2) is 42.7 Å². The summed E-state index contributed by atoms with van der Waals surface area (Å²) in [7, 11) is 0. The summed E-state index contributed by atoms with van der Waals surface area (Å²) in [6.07, 6.45) is 2.69. The molecule has 3 aromatic rings. The van der Waals surface area contributed by atoms with Gasteiger partial charge in [0.1, 0.15) is 0 Å². The molecular formula is C20H22N6O3. The molecule has 0 fully saturated rings. The van der Waals surface area contributed by atoms with Crippen LogP contribution >= 0.6 is 0 Å². The lowest BCUT2D eigenvalue weighted by Gasteiger charge is -2.08. The maximum atomic E-state index is 12.1. The molecule has 2 heterocycles. The number of anilines is 1. The third kappa shape index (κ3) is 4.95. The summed E-state index contributed by atoms with van der Waals surface area (Å²) in [6, 6.07) is 10.0. The molecule has 0 bridgehead atoms. The number of rotatable bonds is 7. The molecule has 0 unspecified atom stereocenters. The van der Waals surface area contributed by atoms with Gasteiger partial charge in [0, 0.05) is 30.2 Å². The van der Waals surface area contributed by atoms with Crippen molar-refractivity contribution < 1.29 is 14.3 Å². The number of hydrogen-bond donors (Lipinski definition) is 2. The number of nitrogens with zero attached hydrogens (tertiary/aromatic N) is 4. The molecule has 9 nitrogen and oxygen atoms in total. The molecule has 0 aliphatic carbocycles. The van der Waals surface area contributed by atoms with E-state index in [-0.39, 0.29) is 18.1 Å². The highest BCUT2D eigenvalue weighted by Crippen LogP contribution is 2.14. The number of benzene rings is 1. The minimum atomic E-state index is -0.797. The lowest BCUT2D eigenvalue weighted by molar-refractivity contribution is -0.124. The highest BCUT2D eigenvalue weighted by atomic mass is 16.5. The maximum absolute atomic E-state index is 12.1. The van der Waals surface area contributed by atoms with Gasteiger partial charge in [-0.25, -0.2) is 14.8 Å². The van der Waals surface area contributed by atoms with Gasteiger partial charge in [0.05, 0.1) is 12.2 Å². The number of aryl methyl sites for hydroxylation is 1. The average Bonchev–Trinajstić information content (AvgIpc) is 2.98. The summed E-state index contributed by atoms with van der Waals surface area (Å²) in [5.41, 5.74) is 9.33. The van der Waals surface area contributed by atoms with Gasteiger partial charge in [-0.1, -0.05) is 30.3 Å². The average molecular weight is 394 g/mol. The Bertz CT molecular complexity index is 1020. The number of hydrogen-bond acceptors (Lipinski definition) is 7. The number of carbonyl (C=O) groups is 2. The molecule has 0 saturated carbocycles. The van der Waals surface area contributed by atoms with E-state index in [1.807, 2.05) is 48.9 Å². The minimum absolute atomic E-state index is 0.0463. The standard InChI is InChI=1S/C20H22N6O3/c1-13-16(14(2)26(25-13)11-15-6-4-3-5-7-15)10-24-17(27)12-29-20(28)18-19(21)23-9-8-22-18/h3-9H,10-12H2,1-2H3,(H2,21,23)(H,24,27). The highest BCUT2D eigenvalue weighted by Gasteiger charge is 2.16. The molecule has 1 amide bonds. The molecule has 0 spiro atoms. The van der Waals surface area contributed by atoms with Gasteiger partial charge in [0.15, 0.2) is 18.1 Å². The van der Waals surface area contributed by atoms with Crippen LogP contribution in [0.25, 0.3) is 0 Å². The smallest absolute Gasteiger partial charge is 0.361 e. The fourth-order valence-corrected chi connectivity index (χ4v) is 2.84. The number of esters is 1. The van der Waals surface area contributed by atoms with Gasteiger partial charge in [-0.15, -0.1) is 0 Å². The van der Waals surface area contributed by atoms with Crippen LogP contribution in [0.3, 0.4) is 0 Å². The van der Waals surface area contributed by atoms with E-state index < -0.39 is 18.5 Å². The van der Waals surface area contributed by atoms with Crippen LogP contribution in [-0.4, -0.2) is 38.2 Å². The summed E-state index contributed by atoms with van der Waals surface area (Å²) in [5.74, 6) is -1.28. The second kappa shape index (κ2) is 8.96. The van der Waals surface area contributed by atoms with Crippen LogP contribution in [0.4, 0.5) is 5.82 Å². The van der Waals surface area contributed by atoms with Gasteiger partial charge in [-0.3, -0.25) is 9.48 Å². The van der Waals surface area contributed by atoms with E-state index in [0.29, 0.717) is 6.54 Å². The van der Waals surface area contributed by atoms with Gasteiger partial charge in [-0.2, -0.15) is 5.10 Å². The second-order valence-electron chi connectivity index (χ2n) is 6.44. The quantitative estimate of drug-likeness (QED) is 0.580. The van der Waals surface area contributed by atoms with Crippen molar-refractivity contribution in [2.24, 2.45) is 0 Å². The van der Waals surface area contributed by atoms with E-state index in [1.165, 1.54) is 12.4 Å². The monoisotopic (exact) mass is 394 g/mol. The molecule has 3 N–H and O–H groups in total. The predicted molar refractivity (Wildman–Crippen MR) is 106 cm³/mol. The lowest BCUT2D eigenvalue weighted by atomic mass is 10.2. The molecule has 0 aliphatic rings. The maximum Gasteiger partial charge on any atom is 0.361 e. The number of aromatic nitrogens is 4. The Kier molecular flexibility index (Phi) is 6.18. The molecule has 0 saturated heterocycles. The second-order valence-corrected chi connectivity index (χ2v) is 6.44. The molecule has 1 aromatic carbocycles. The molecule has 0 radical (unpaired) electrons. The van der Waals surface area contributed by atoms with Crippen molar-refractivity contribution in [1.29, 1.82) is 0 Å². The molecular weight excluding hydrogens is 372 g/mol. The molecule has 0 aliphatic heterocycles. The Morgan fingerprint density at radius 3 is 2.59 bits per heavy atom. The zero-order valence-corrected chi connectivity index (χ0v) is 16.3. The summed E-state index contributed by atoms with van der Waals surface area (Å²) >= 11 is 0. The van der Waals surface area contributed by atoms with Gasteiger partial charge in [0.25, 0.3) is 5.91 Å². The number of nitrogens with two attached hydrogens (primary N) is 1. The van der Waals surface area contributed by atoms with Gasteiger partial charge in [0.2, 0.25) is 0 Å². The fraction of sp³-hybridized carbons (Fsp3) is 0.250. The minimum Gasteiger partial charge on any atom is -0.451 e. The van der Waals surface area contributed by atoms with E-state index in [2.05, 4.69) is 20.4 Å². The van der Waals surface area contributed by atoms with Crippen LogP contribution in [0.5, 0.6) is 0 Å². The van der Waals surface area contributed by atoms with Crippen LogP contribution < -0.4 is 11.1 Å². The van der Waals surface area contributed by atoms with Crippen LogP contribution in [-0.2, 0) is 22.6 Å². The van der Waals surface area contributed by atoms with Crippen LogP contribution in [0, 0.1) is 13.8 Å². The summed E-state index contributed by atoms with van der Waals surface area (Å²) in [6.45, 7) is 4.36. The Hall–Kier alpha value is -3.75. The zero-order valence-electron chi connectivity index (χ0n) is 16.3. The topological polar surface area (TPSA) is 125 Å². The molecule has 3 rings (SSSR count). The number of nitrogens with one attached hydrogen (secondary N) is 1. The number of nitrogen functional groups attached to an aromatic ring is 1. The van der Waals surface area contributed by atoms with Crippen molar-refractivity contribution in [2.75, 3.05) is 12.3 Å². The first-order chi connectivity index (χ1) is 14.0. The molecule has 9 heteroatoms. The molecule has 150 valence electrons. The van der Waals surface area contributed by atoms with Gasteiger partial charge >= 0.3 is 5.97 Å². The molecule has 0 atom stereocenters. The van der Waals surface area contributed by atoms with Crippen molar-refractivity contribution in [3.05, 3.63) is 70.9 Å².